The number of phenolic OH excluding ortho intramolecular Hbond substituents is 1. The first-order chi connectivity index (χ1) is 6.99. The van der Waals surface area contributed by atoms with E-state index >= 15 is 0 Å². The maximum atomic E-state index is 13.6. The first kappa shape index (κ1) is 12.4. The first-order valence-electron chi connectivity index (χ1n) is 4.55. The van der Waals surface area contributed by atoms with Gasteiger partial charge in [0.1, 0.15) is 17.4 Å². The summed E-state index contributed by atoms with van der Waals surface area (Å²) in [6.45, 7) is 2.05. The summed E-state index contributed by atoms with van der Waals surface area (Å²) in [7, 11) is 0. The van der Waals surface area contributed by atoms with E-state index in [1.807, 2.05) is 0 Å². The molecule has 0 radical (unpaired) electrons. The standard InChI is InChI=1S/C10H12BrF2NO/c1-5(2-3-14)8-6(12)4-7(15)9(11)10(8)13/h4-5,15H,2-3,14H2,1H3. The Bertz CT molecular complexity index is 371. The average molecular weight is 280 g/mol. The number of nitrogens with two attached hydrogens (primary N) is 1. The normalized spacial score (nSPS) is 12.9. The quantitative estimate of drug-likeness (QED) is 0.836. The van der Waals surface area contributed by atoms with Gasteiger partial charge in [-0.2, -0.15) is 0 Å². The summed E-state index contributed by atoms with van der Waals surface area (Å²) in [5, 5.41) is 9.17. The van der Waals surface area contributed by atoms with Gasteiger partial charge in [-0.15, -0.1) is 0 Å². The molecule has 0 aliphatic rings. The fraction of sp³-hybridized carbons (Fsp3) is 0.400. The molecule has 0 bridgehead atoms. The van der Waals surface area contributed by atoms with E-state index in [9.17, 15) is 8.78 Å². The van der Waals surface area contributed by atoms with Gasteiger partial charge in [-0.1, -0.05) is 6.92 Å². The summed E-state index contributed by atoms with van der Waals surface area (Å²) in [4.78, 5) is 0. The van der Waals surface area contributed by atoms with Crippen molar-refractivity contribution in [3.05, 3.63) is 27.7 Å². The third kappa shape index (κ3) is 2.46. The van der Waals surface area contributed by atoms with Crippen LogP contribution in [0.1, 0.15) is 24.8 Å². The van der Waals surface area contributed by atoms with Crippen LogP contribution in [0.3, 0.4) is 0 Å². The Morgan fingerprint density at radius 1 is 1.53 bits per heavy atom. The molecule has 0 spiro atoms. The monoisotopic (exact) mass is 279 g/mol. The van der Waals surface area contributed by atoms with Crippen LogP contribution in [-0.4, -0.2) is 11.7 Å². The van der Waals surface area contributed by atoms with E-state index in [-0.39, 0.29) is 16.0 Å². The van der Waals surface area contributed by atoms with E-state index in [4.69, 9.17) is 10.8 Å². The molecule has 1 atom stereocenters. The zero-order chi connectivity index (χ0) is 11.6. The highest BCUT2D eigenvalue weighted by Gasteiger charge is 2.20. The summed E-state index contributed by atoms with van der Waals surface area (Å²) in [5.74, 6) is -2.25. The van der Waals surface area contributed by atoms with Crippen molar-refractivity contribution in [2.45, 2.75) is 19.3 Å². The number of aromatic hydroxyl groups is 1. The molecule has 0 saturated carbocycles. The van der Waals surface area contributed by atoms with Gasteiger partial charge >= 0.3 is 0 Å². The molecule has 3 N–H and O–H groups in total. The van der Waals surface area contributed by atoms with Crippen LogP contribution in [0.2, 0.25) is 0 Å². The van der Waals surface area contributed by atoms with Crippen LogP contribution < -0.4 is 5.73 Å². The average Bonchev–Trinajstić information content (AvgIpc) is 2.15. The van der Waals surface area contributed by atoms with Crippen LogP contribution in [0.5, 0.6) is 5.75 Å². The van der Waals surface area contributed by atoms with Crippen LogP contribution in [0, 0.1) is 11.6 Å². The molecule has 1 unspecified atom stereocenters. The molecular weight excluding hydrogens is 268 g/mol. The lowest BCUT2D eigenvalue weighted by Crippen LogP contribution is -2.08. The number of phenols is 1. The largest absolute Gasteiger partial charge is 0.507 e. The van der Waals surface area contributed by atoms with Crippen molar-refractivity contribution in [2.24, 2.45) is 5.73 Å². The number of rotatable bonds is 3. The fourth-order valence-electron chi connectivity index (χ4n) is 1.44. The third-order valence-corrected chi connectivity index (χ3v) is 3.02. The molecule has 15 heavy (non-hydrogen) atoms. The van der Waals surface area contributed by atoms with Gasteiger partial charge in [-0.25, -0.2) is 8.78 Å². The minimum absolute atomic E-state index is 0.0369. The van der Waals surface area contributed by atoms with E-state index in [1.165, 1.54) is 0 Å². The van der Waals surface area contributed by atoms with Crippen LogP contribution >= 0.6 is 15.9 Å². The highest BCUT2D eigenvalue weighted by atomic mass is 79.9. The number of halogens is 3. The molecule has 0 amide bonds. The van der Waals surface area contributed by atoms with Gasteiger partial charge in [-0.05, 0) is 34.8 Å². The molecule has 1 aromatic rings. The van der Waals surface area contributed by atoms with Crippen molar-refractivity contribution in [3.8, 4) is 5.75 Å². The minimum atomic E-state index is -0.756. The Hall–Kier alpha value is -0.680. The Morgan fingerprint density at radius 3 is 2.67 bits per heavy atom. The number of hydrogen-bond acceptors (Lipinski definition) is 2. The van der Waals surface area contributed by atoms with Crippen molar-refractivity contribution < 1.29 is 13.9 Å². The first-order valence-corrected chi connectivity index (χ1v) is 5.34. The lowest BCUT2D eigenvalue weighted by atomic mass is 9.96. The molecule has 84 valence electrons. The molecule has 2 nitrogen and oxygen atoms in total. The Kier molecular flexibility index (Phi) is 4.04. The zero-order valence-electron chi connectivity index (χ0n) is 8.23. The number of hydrogen-bond donors (Lipinski definition) is 2. The van der Waals surface area contributed by atoms with Gasteiger partial charge in [0.25, 0.3) is 0 Å². The second kappa shape index (κ2) is 4.90. The van der Waals surface area contributed by atoms with Crippen LogP contribution in [0.15, 0.2) is 10.5 Å². The molecule has 1 aromatic carbocycles. The number of benzene rings is 1. The zero-order valence-corrected chi connectivity index (χ0v) is 9.81. The van der Waals surface area contributed by atoms with E-state index in [0.717, 1.165) is 6.07 Å². The Morgan fingerprint density at radius 2 is 2.13 bits per heavy atom. The van der Waals surface area contributed by atoms with Crippen LogP contribution in [0.25, 0.3) is 0 Å². The summed E-state index contributed by atoms with van der Waals surface area (Å²) in [6, 6.07) is 0.898. The lowest BCUT2D eigenvalue weighted by molar-refractivity contribution is 0.446. The van der Waals surface area contributed by atoms with Crippen molar-refractivity contribution in [1.82, 2.24) is 0 Å². The SMILES string of the molecule is CC(CCN)c1c(F)cc(O)c(Br)c1F. The topological polar surface area (TPSA) is 46.2 Å². The maximum absolute atomic E-state index is 13.6. The Labute approximate surface area is 95.2 Å². The van der Waals surface area contributed by atoms with Gasteiger partial charge in [0.15, 0.2) is 0 Å². The lowest BCUT2D eigenvalue weighted by Gasteiger charge is -2.14. The van der Waals surface area contributed by atoms with Crippen molar-refractivity contribution in [3.63, 3.8) is 0 Å². The predicted molar refractivity (Wildman–Crippen MR) is 57.8 cm³/mol. The van der Waals surface area contributed by atoms with Crippen molar-refractivity contribution >= 4 is 15.9 Å². The van der Waals surface area contributed by atoms with Crippen molar-refractivity contribution in [1.29, 1.82) is 0 Å². The van der Waals surface area contributed by atoms with E-state index < -0.39 is 17.4 Å². The molecular formula is C10H12BrF2NO. The molecule has 0 aromatic heterocycles. The Balaban J connectivity index is 3.23. The summed E-state index contributed by atoms with van der Waals surface area (Å²) in [6.07, 6.45) is 0.491. The predicted octanol–water partition coefficient (Wildman–Crippen LogP) is 2.89. The van der Waals surface area contributed by atoms with Gasteiger partial charge in [-0.3, -0.25) is 0 Å². The maximum Gasteiger partial charge on any atom is 0.147 e. The summed E-state index contributed by atoms with van der Waals surface area (Å²) in [5.41, 5.74) is 5.29. The molecule has 0 saturated heterocycles. The van der Waals surface area contributed by atoms with Crippen LogP contribution in [-0.2, 0) is 0 Å². The molecule has 5 heteroatoms. The van der Waals surface area contributed by atoms with Crippen molar-refractivity contribution in [2.75, 3.05) is 6.54 Å². The summed E-state index contributed by atoms with van der Waals surface area (Å²) >= 11 is 2.86. The van der Waals surface area contributed by atoms with Gasteiger partial charge in [0.2, 0.25) is 0 Å². The second-order valence-corrected chi connectivity index (χ2v) is 4.19. The van der Waals surface area contributed by atoms with Crippen LogP contribution in [0.4, 0.5) is 8.78 Å². The molecule has 1 rings (SSSR count). The minimum Gasteiger partial charge on any atom is -0.507 e. The highest BCUT2D eigenvalue weighted by Crippen LogP contribution is 2.35. The third-order valence-electron chi connectivity index (χ3n) is 2.27. The van der Waals surface area contributed by atoms with E-state index in [1.54, 1.807) is 6.92 Å². The van der Waals surface area contributed by atoms with Gasteiger partial charge in [0.05, 0.1) is 4.47 Å². The second-order valence-electron chi connectivity index (χ2n) is 3.40. The fourth-order valence-corrected chi connectivity index (χ4v) is 1.77. The van der Waals surface area contributed by atoms with Gasteiger partial charge < -0.3 is 10.8 Å². The van der Waals surface area contributed by atoms with E-state index in [0.29, 0.717) is 13.0 Å². The smallest absolute Gasteiger partial charge is 0.147 e. The molecule has 0 fully saturated rings. The molecule has 0 aliphatic carbocycles. The molecule has 0 aliphatic heterocycles. The highest BCUT2D eigenvalue weighted by molar-refractivity contribution is 9.10. The molecule has 0 heterocycles. The van der Waals surface area contributed by atoms with E-state index in [2.05, 4.69) is 15.9 Å². The summed E-state index contributed by atoms with van der Waals surface area (Å²) < 4.78 is 26.9. The van der Waals surface area contributed by atoms with Gasteiger partial charge in [0, 0.05) is 11.6 Å².